The van der Waals surface area contributed by atoms with Crippen LogP contribution in [0.3, 0.4) is 0 Å². The number of pyridine rings is 1. The van der Waals surface area contributed by atoms with Crippen molar-refractivity contribution in [3.8, 4) is 0 Å². The zero-order chi connectivity index (χ0) is 17.1. The second kappa shape index (κ2) is 7.27. The summed E-state index contributed by atoms with van der Waals surface area (Å²) in [6.07, 6.45) is 2.21. The van der Waals surface area contributed by atoms with E-state index < -0.39 is 0 Å². The normalized spacial score (nSPS) is 14.3. The Bertz CT molecular complexity index is 716. The Morgan fingerprint density at radius 3 is 2.54 bits per heavy atom. The largest absolute Gasteiger partial charge is 0.383 e. The molecule has 1 aliphatic carbocycles. The lowest BCUT2D eigenvalue weighted by Crippen LogP contribution is -2.36. The summed E-state index contributed by atoms with van der Waals surface area (Å²) >= 11 is 0. The molecule has 0 aliphatic heterocycles. The average molecular weight is 333 g/mol. The fourth-order valence-electron chi connectivity index (χ4n) is 2.76. The highest BCUT2D eigenvalue weighted by molar-refractivity contribution is 6.06. The SMILES string of the molecule is COCCN(CCOC)C(=O)c1cc(C2CC2)nc2onc(C)c12. The lowest BCUT2D eigenvalue weighted by atomic mass is 10.1. The second-order valence-electron chi connectivity index (χ2n) is 6.09. The number of rotatable bonds is 8. The number of fused-ring (bicyclic) bond motifs is 1. The van der Waals surface area contributed by atoms with Crippen LogP contribution in [0.1, 0.15) is 40.5 Å². The molecule has 0 spiro atoms. The first kappa shape index (κ1) is 16.9. The molecular weight excluding hydrogens is 310 g/mol. The summed E-state index contributed by atoms with van der Waals surface area (Å²) in [4.78, 5) is 19.4. The summed E-state index contributed by atoms with van der Waals surface area (Å²) in [5.41, 5.74) is 2.65. The quantitative estimate of drug-likeness (QED) is 0.736. The van der Waals surface area contributed by atoms with E-state index in [-0.39, 0.29) is 5.91 Å². The van der Waals surface area contributed by atoms with Crippen LogP contribution in [0.5, 0.6) is 0 Å². The molecule has 0 bridgehead atoms. The molecule has 24 heavy (non-hydrogen) atoms. The summed E-state index contributed by atoms with van der Waals surface area (Å²) in [6.45, 7) is 3.79. The maximum atomic E-state index is 13.1. The molecule has 1 fully saturated rings. The van der Waals surface area contributed by atoms with Gasteiger partial charge >= 0.3 is 0 Å². The van der Waals surface area contributed by atoms with E-state index in [1.54, 1.807) is 19.1 Å². The molecule has 3 rings (SSSR count). The van der Waals surface area contributed by atoms with Crippen molar-refractivity contribution in [1.29, 1.82) is 0 Å². The van der Waals surface area contributed by atoms with Crippen LogP contribution in [0.4, 0.5) is 0 Å². The zero-order valence-electron chi connectivity index (χ0n) is 14.4. The molecule has 1 aliphatic rings. The van der Waals surface area contributed by atoms with Gasteiger partial charge in [-0.25, -0.2) is 4.98 Å². The van der Waals surface area contributed by atoms with Gasteiger partial charge in [0.15, 0.2) is 0 Å². The fraction of sp³-hybridized carbons (Fsp3) is 0.588. The molecule has 0 saturated heterocycles. The summed E-state index contributed by atoms with van der Waals surface area (Å²) in [5.74, 6) is 0.363. The molecule has 2 aromatic heterocycles. The Labute approximate surface area is 140 Å². The fourth-order valence-corrected chi connectivity index (χ4v) is 2.76. The number of aromatic nitrogens is 2. The maximum absolute atomic E-state index is 13.1. The van der Waals surface area contributed by atoms with E-state index in [1.165, 1.54) is 0 Å². The molecule has 0 unspecified atom stereocenters. The third-order valence-electron chi connectivity index (χ3n) is 4.28. The minimum atomic E-state index is -0.0651. The predicted molar refractivity (Wildman–Crippen MR) is 88.2 cm³/mol. The van der Waals surface area contributed by atoms with Gasteiger partial charge in [0.2, 0.25) is 0 Å². The van der Waals surface area contributed by atoms with Crippen molar-refractivity contribution in [2.24, 2.45) is 0 Å². The number of amides is 1. The van der Waals surface area contributed by atoms with Crippen molar-refractivity contribution in [3.05, 3.63) is 23.0 Å². The number of hydrogen-bond donors (Lipinski definition) is 0. The number of methoxy groups -OCH3 is 2. The summed E-state index contributed by atoms with van der Waals surface area (Å²) in [5, 5.41) is 4.68. The molecular formula is C17H23N3O4. The van der Waals surface area contributed by atoms with Gasteiger partial charge in [0.25, 0.3) is 11.6 Å². The first-order valence-corrected chi connectivity index (χ1v) is 8.19. The standard InChI is InChI=1S/C17H23N3O4/c1-11-15-13(17(21)20(6-8-22-2)7-9-23-3)10-14(12-4-5-12)18-16(15)24-19-11/h10,12H,4-9H2,1-3H3. The van der Waals surface area contributed by atoms with E-state index in [0.717, 1.165) is 18.5 Å². The van der Waals surface area contributed by atoms with Crippen LogP contribution in [-0.4, -0.2) is 61.5 Å². The van der Waals surface area contributed by atoms with E-state index in [4.69, 9.17) is 14.0 Å². The maximum Gasteiger partial charge on any atom is 0.259 e. The molecule has 1 amide bonds. The van der Waals surface area contributed by atoms with Gasteiger partial charge in [0.05, 0.1) is 29.9 Å². The smallest absolute Gasteiger partial charge is 0.259 e. The summed E-state index contributed by atoms with van der Waals surface area (Å²) in [6, 6.07) is 1.90. The van der Waals surface area contributed by atoms with Crippen LogP contribution in [0.15, 0.2) is 10.6 Å². The number of hydrogen-bond acceptors (Lipinski definition) is 6. The first-order valence-electron chi connectivity index (χ1n) is 8.19. The highest BCUT2D eigenvalue weighted by Crippen LogP contribution is 2.40. The van der Waals surface area contributed by atoms with Gasteiger partial charge in [-0.15, -0.1) is 0 Å². The van der Waals surface area contributed by atoms with Gasteiger partial charge in [0, 0.05) is 38.9 Å². The van der Waals surface area contributed by atoms with Gasteiger partial charge in [-0.2, -0.15) is 0 Å². The van der Waals surface area contributed by atoms with E-state index in [9.17, 15) is 4.79 Å². The van der Waals surface area contributed by atoms with Crippen molar-refractivity contribution in [1.82, 2.24) is 15.0 Å². The lowest BCUT2D eigenvalue weighted by Gasteiger charge is -2.22. The monoisotopic (exact) mass is 333 g/mol. The number of carbonyl (C=O) groups is 1. The molecule has 2 heterocycles. The lowest BCUT2D eigenvalue weighted by molar-refractivity contribution is 0.0629. The summed E-state index contributed by atoms with van der Waals surface area (Å²) in [7, 11) is 3.25. The van der Waals surface area contributed by atoms with Crippen molar-refractivity contribution in [2.75, 3.05) is 40.5 Å². The molecule has 0 aromatic carbocycles. The molecule has 0 radical (unpaired) electrons. The Morgan fingerprint density at radius 1 is 1.29 bits per heavy atom. The van der Waals surface area contributed by atoms with E-state index in [2.05, 4.69) is 10.1 Å². The second-order valence-corrected chi connectivity index (χ2v) is 6.09. The Morgan fingerprint density at radius 2 is 1.96 bits per heavy atom. The third kappa shape index (κ3) is 3.42. The van der Waals surface area contributed by atoms with Gasteiger partial charge in [0.1, 0.15) is 0 Å². The van der Waals surface area contributed by atoms with Crippen molar-refractivity contribution >= 4 is 17.0 Å². The highest BCUT2D eigenvalue weighted by atomic mass is 16.5. The van der Waals surface area contributed by atoms with Crippen molar-refractivity contribution in [3.63, 3.8) is 0 Å². The molecule has 7 heteroatoms. The van der Waals surface area contributed by atoms with Gasteiger partial charge < -0.3 is 18.9 Å². The Hall–Kier alpha value is -1.99. The number of carbonyl (C=O) groups excluding carboxylic acids is 1. The van der Waals surface area contributed by atoms with Gasteiger partial charge in [-0.05, 0) is 25.8 Å². The minimum Gasteiger partial charge on any atom is -0.383 e. The van der Waals surface area contributed by atoms with Gasteiger partial charge in [-0.1, -0.05) is 5.16 Å². The molecule has 1 saturated carbocycles. The Kier molecular flexibility index (Phi) is 5.11. The molecule has 2 aromatic rings. The van der Waals surface area contributed by atoms with Crippen LogP contribution >= 0.6 is 0 Å². The molecule has 7 nitrogen and oxygen atoms in total. The van der Waals surface area contributed by atoms with Crippen LogP contribution in [-0.2, 0) is 9.47 Å². The molecule has 0 atom stereocenters. The topological polar surface area (TPSA) is 77.7 Å². The number of nitrogens with zero attached hydrogens (tertiary/aromatic N) is 3. The van der Waals surface area contributed by atoms with E-state index in [1.807, 2.05) is 13.0 Å². The summed E-state index contributed by atoms with van der Waals surface area (Å²) < 4.78 is 15.6. The van der Waals surface area contributed by atoms with Crippen LogP contribution in [0.2, 0.25) is 0 Å². The Balaban J connectivity index is 1.97. The molecule has 0 N–H and O–H groups in total. The van der Waals surface area contributed by atoms with Crippen LogP contribution in [0, 0.1) is 6.92 Å². The van der Waals surface area contributed by atoms with Crippen LogP contribution < -0.4 is 0 Å². The van der Waals surface area contributed by atoms with E-state index in [0.29, 0.717) is 54.6 Å². The van der Waals surface area contributed by atoms with Gasteiger partial charge in [-0.3, -0.25) is 4.79 Å². The van der Waals surface area contributed by atoms with Crippen molar-refractivity contribution in [2.45, 2.75) is 25.7 Å². The number of ether oxygens (including phenoxy) is 2. The highest BCUT2D eigenvalue weighted by Gasteiger charge is 2.29. The minimum absolute atomic E-state index is 0.0651. The number of aryl methyl sites for hydroxylation is 1. The first-order chi connectivity index (χ1) is 11.7. The third-order valence-corrected chi connectivity index (χ3v) is 4.28. The van der Waals surface area contributed by atoms with Crippen LogP contribution in [0.25, 0.3) is 11.1 Å². The van der Waals surface area contributed by atoms with Crippen molar-refractivity contribution < 1.29 is 18.8 Å². The predicted octanol–water partition coefficient (Wildman–Crippen LogP) is 2.14. The van der Waals surface area contributed by atoms with E-state index >= 15 is 0 Å². The molecule has 130 valence electrons. The average Bonchev–Trinajstić information content (AvgIpc) is 3.38. The zero-order valence-corrected chi connectivity index (χ0v) is 14.4.